The average Bonchev–Trinajstić information content (AvgIpc) is 2.79. The van der Waals surface area contributed by atoms with Gasteiger partial charge in [-0.25, -0.2) is 18.4 Å². The monoisotopic (exact) mass is 531 g/mol. The zero-order valence-corrected chi connectivity index (χ0v) is 19.3. The third kappa shape index (κ3) is 5.72. The Morgan fingerprint density at radius 3 is 2.12 bits per heavy atom. The van der Waals surface area contributed by atoms with Crippen LogP contribution in [-0.2, 0) is 21.2 Å². The molecule has 0 aliphatic heterocycles. The highest BCUT2D eigenvalue weighted by molar-refractivity contribution is 7.92. The van der Waals surface area contributed by atoms with Gasteiger partial charge < -0.3 is 4.90 Å². The minimum absolute atomic E-state index is 0.0546. The number of alkyl halides is 3. The summed E-state index contributed by atoms with van der Waals surface area (Å²) in [6.07, 6.45) is 2.02. The van der Waals surface area contributed by atoms with E-state index in [0.717, 1.165) is 29.2 Å². The molecule has 1 heterocycles. The van der Waals surface area contributed by atoms with Gasteiger partial charge in [0.1, 0.15) is 0 Å². The van der Waals surface area contributed by atoms with Gasteiger partial charge in [-0.2, -0.15) is 13.2 Å². The van der Waals surface area contributed by atoms with Crippen molar-refractivity contribution in [1.82, 2.24) is 9.97 Å². The minimum atomic E-state index is -5.57. The van der Waals surface area contributed by atoms with E-state index in [9.17, 15) is 31.2 Å². The second-order valence-corrected chi connectivity index (χ2v) is 9.60. The molecule has 0 spiro atoms. The summed E-state index contributed by atoms with van der Waals surface area (Å²) in [7, 11) is -5.57. The van der Waals surface area contributed by atoms with Crippen LogP contribution in [0.25, 0.3) is 0 Å². The minimum Gasteiger partial charge on any atom is -0.308 e. The Morgan fingerprint density at radius 1 is 0.941 bits per heavy atom. The van der Waals surface area contributed by atoms with Gasteiger partial charge in [-0.05, 0) is 48.0 Å². The second kappa shape index (κ2) is 10.1. The van der Waals surface area contributed by atoms with Gasteiger partial charge >= 0.3 is 5.51 Å². The number of aromatic nitrogens is 2. The largest absolute Gasteiger partial charge is 0.501 e. The molecule has 0 unspecified atom stereocenters. The number of rotatable bonds is 7. The van der Waals surface area contributed by atoms with Crippen LogP contribution in [0, 0.1) is 0 Å². The van der Waals surface area contributed by atoms with Crippen molar-refractivity contribution >= 4 is 50.4 Å². The normalized spacial score (nSPS) is 11.8. The first-order valence-corrected chi connectivity index (χ1v) is 11.6. The Bertz CT molecular complexity index is 1320. The third-order valence-corrected chi connectivity index (χ3v) is 6.76. The summed E-state index contributed by atoms with van der Waals surface area (Å²) < 4.78 is 61.8. The summed E-state index contributed by atoms with van der Waals surface area (Å²) in [5, 5.41) is 0.466. The van der Waals surface area contributed by atoms with E-state index in [0.29, 0.717) is 5.56 Å². The lowest BCUT2D eigenvalue weighted by molar-refractivity contribution is -0.117. The summed E-state index contributed by atoms with van der Waals surface area (Å²) in [5.74, 6) is -1.59. The van der Waals surface area contributed by atoms with E-state index in [1.807, 2.05) is 0 Å². The SMILES string of the molecule is O=C(CC(=O)N(Cc1ccc(Cl)c(Cl)c1)c1ccc(S(=O)(=O)C(F)(F)F)cc1)c1ncccn1. The average molecular weight is 532 g/mol. The van der Waals surface area contributed by atoms with Crippen LogP contribution in [0.1, 0.15) is 22.6 Å². The summed E-state index contributed by atoms with van der Waals surface area (Å²) in [6.45, 7) is -0.135. The van der Waals surface area contributed by atoms with Gasteiger partial charge in [0.05, 0.1) is 27.9 Å². The van der Waals surface area contributed by atoms with E-state index in [-0.39, 0.29) is 28.1 Å². The predicted molar refractivity (Wildman–Crippen MR) is 118 cm³/mol. The fourth-order valence-corrected chi connectivity index (χ4v) is 3.92. The number of hydrogen-bond acceptors (Lipinski definition) is 6. The predicted octanol–water partition coefficient (Wildman–Crippen LogP) is 4.88. The number of anilines is 1. The molecule has 7 nitrogen and oxygen atoms in total. The van der Waals surface area contributed by atoms with E-state index in [1.165, 1.54) is 30.6 Å². The maximum Gasteiger partial charge on any atom is 0.501 e. The van der Waals surface area contributed by atoms with Gasteiger partial charge in [-0.3, -0.25) is 9.59 Å². The highest BCUT2D eigenvalue weighted by Gasteiger charge is 2.46. The van der Waals surface area contributed by atoms with Crippen LogP contribution in [0.4, 0.5) is 18.9 Å². The second-order valence-electron chi connectivity index (χ2n) is 6.84. The Hall–Kier alpha value is -3.02. The quantitative estimate of drug-likeness (QED) is 0.318. The number of ketones is 1. The third-order valence-electron chi connectivity index (χ3n) is 4.52. The van der Waals surface area contributed by atoms with Crippen molar-refractivity contribution in [2.75, 3.05) is 4.90 Å². The Kier molecular flexibility index (Phi) is 7.59. The van der Waals surface area contributed by atoms with E-state index in [1.54, 1.807) is 6.07 Å². The van der Waals surface area contributed by atoms with E-state index in [4.69, 9.17) is 23.2 Å². The van der Waals surface area contributed by atoms with E-state index >= 15 is 0 Å². The van der Waals surface area contributed by atoms with Crippen LogP contribution in [0.15, 0.2) is 65.8 Å². The highest BCUT2D eigenvalue weighted by Crippen LogP contribution is 2.32. The zero-order chi connectivity index (χ0) is 25.1. The van der Waals surface area contributed by atoms with Gasteiger partial charge in [0.15, 0.2) is 5.82 Å². The molecule has 0 N–H and O–H groups in total. The molecule has 2 aromatic carbocycles. The maximum absolute atomic E-state index is 13.0. The number of halogens is 5. The number of carbonyl (C=O) groups is 2. The first kappa shape index (κ1) is 25.6. The summed E-state index contributed by atoms with van der Waals surface area (Å²) in [6, 6.07) is 9.57. The molecule has 0 saturated carbocycles. The maximum atomic E-state index is 13.0. The van der Waals surface area contributed by atoms with Crippen molar-refractivity contribution in [3.63, 3.8) is 0 Å². The number of sulfone groups is 1. The molecular formula is C21H14Cl2F3N3O4S. The Balaban J connectivity index is 1.94. The molecule has 13 heteroatoms. The highest BCUT2D eigenvalue weighted by atomic mass is 35.5. The first-order chi connectivity index (χ1) is 15.9. The van der Waals surface area contributed by atoms with Crippen LogP contribution in [0.5, 0.6) is 0 Å². The number of benzene rings is 2. The van der Waals surface area contributed by atoms with Gasteiger partial charge in [0.25, 0.3) is 9.84 Å². The van der Waals surface area contributed by atoms with Gasteiger partial charge in [-0.15, -0.1) is 0 Å². The lowest BCUT2D eigenvalue weighted by Gasteiger charge is -2.23. The summed E-state index contributed by atoms with van der Waals surface area (Å²) in [4.78, 5) is 33.1. The number of carbonyl (C=O) groups excluding carboxylic acids is 2. The van der Waals surface area contributed by atoms with Crippen LogP contribution in [0.3, 0.4) is 0 Å². The molecule has 3 rings (SSSR count). The molecular weight excluding hydrogens is 518 g/mol. The summed E-state index contributed by atoms with van der Waals surface area (Å²) in [5.41, 5.74) is -4.93. The topological polar surface area (TPSA) is 97.3 Å². The molecule has 1 aromatic heterocycles. The first-order valence-electron chi connectivity index (χ1n) is 9.36. The lowest BCUT2D eigenvalue weighted by atomic mass is 10.1. The molecule has 0 fully saturated rings. The van der Waals surface area contributed by atoms with Crippen LogP contribution < -0.4 is 4.90 Å². The standard InChI is InChI=1S/C21H14Cl2F3N3O4S/c22-16-7-2-13(10-17(16)23)12-29(19(31)11-18(30)20-27-8-1-9-28-20)14-3-5-15(6-4-14)34(32,33)21(24,25)26/h1-10H,11-12H2. The van der Waals surface area contributed by atoms with E-state index in [2.05, 4.69) is 9.97 Å². The smallest absolute Gasteiger partial charge is 0.308 e. The van der Waals surface area contributed by atoms with Crippen molar-refractivity contribution in [2.24, 2.45) is 0 Å². The number of Topliss-reactive ketones (excluding diaryl/α,β-unsaturated/α-hetero) is 1. The van der Waals surface area contributed by atoms with Crippen molar-refractivity contribution in [3.8, 4) is 0 Å². The van der Waals surface area contributed by atoms with Gasteiger partial charge in [0, 0.05) is 18.1 Å². The fraction of sp³-hybridized carbons (Fsp3) is 0.143. The van der Waals surface area contributed by atoms with Crippen molar-refractivity contribution < 1.29 is 31.2 Å². The fourth-order valence-electron chi connectivity index (χ4n) is 2.84. The van der Waals surface area contributed by atoms with Crippen LogP contribution in [0.2, 0.25) is 10.0 Å². The van der Waals surface area contributed by atoms with Crippen molar-refractivity contribution in [2.45, 2.75) is 23.4 Å². The summed E-state index contributed by atoms with van der Waals surface area (Å²) >= 11 is 11.9. The molecule has 0 saturated heterocycles. The molecule has 0 bridgehead atoms. The zero-order valence-electron chi connectivity index (χ0n) is 17.0. The molecule has 1 amide bonds. The molecule has 0 atom stereocenters. The Labute approximate surface area is 202 Å². The molecule has 0 aliphatic rings. The molecule has 0 aliphatic carbocycles. The molecule has 178 valence electrons. The number of amides is 1. The Morgan fingerprint density at radius 2 is 1.56 bits per heavy atom. The van der Waals surface area contributed by atoms with Gasteiger partial charge in [0.2, 0.25) is 11.7 Å². The molecule has 3 aromatic rings. The molecule has 34 heavy (non-hydrogen) atoms. The van der Waals surface area contributed by atoms with Gasteiger partial charge in [-0.1, -0.05) is 29.3 Å². The number of nitrogens with zero attached hydrogens (tertiary/aromatic N) is 3. The van der Waals surface area contributed by atoms with Crippen molar-refractivity contribution in [1.29, 1.82) is 0 Å². The molecule has 0 radical (unpaired) electrons. The van der Waals surface area contributed by atoms with Crippen LogP contribution in [-0.4, -0.2) is 35.6 Å². The van der Waals surface area contributed by atoms with Crippen LogP contribution >= 0.6 is 23.2 Å². The number of hydrogen-bond donors (Lipinski definition) is 0. The lowest BCUT2D eigenvalue weighted by Crippen LogP contribution is -2.32. The van der Waals surface area contributed by atoms with Crippen molar-refractivity contribution in [3.05, 3.63) is 82.4 Å². The van der Waals surface area contributed by atoms with E-state index < -0.39 is 38.4 Å².